The summed E-state index contributed by atoms with van der Waals surface area (Å²) in [5.41, 5.74) is 0.974. The highest BCUT2D eigenvalue weighted by Crippen LogP contribution is 2.38. The van der Waals surface area contributed by atoms with Gasteiger partial charge in [-0.3, -0.25) is 0 Å². The number of piperidine rings is 1. The third-order valence-electron chi connectivity index (χ3n) is 4.49. The minimum atomic E-state index is -0.182. The fraction of sp³-hybridized carbons (Fsp3) is 0.688. The summed E-state index contributed by atoms with van der Waals surface area (Å²) in [5.74, 6) is 0.659. The van der Waals surface area contributed by atoms with Gasteiger partial charge in [0.25, 0.3) is 0 Å². The fourth-order valence-electron chi connectivity index (χ4n) is 3.47. The average Bonchev–Trinajstić information content (AvgIpc) is 2.75. The average molecular weight is 431 g/mol. The molecule has 23 heavy (non-hydrogen) atoms. The van der Waals surface area contributed by atoms with E-state index in [0.717, 1.165) is 34.9 Å². The summed E-state index contributed by atoms with van der Waals surface area (Å²) >= 11 is 2.19. The maximum Gasteiger partial charge on any atom is 0.410 e. The Morgan fingerprint density at radius 2 is 1.96 bits per heavy atom. The van der Waals surface area contributed by atoms with Crippen molar-refractivity contribution in [3.8, 4) is 5.88 Å². The Morgan fingerprint density at radius 3 is 2.57 bits per heavy atom. The molecular weight excluding hydrogens is 409 g/mol. The Morgan fingerprint density at radius 1 is 1.30 bits per heavy atom. The molecule has 2 aliphatic rings. The van der Waals surface area contributed by atoms with E-state index < -0.39 is 0 Å². The summed E-state index contributed by atoms with van der Waals surface area (Å²) in [6.07, 6.45) is 5.09. The molecule has 0 aromatic carbocycles. The van der Waals surface area contributed by atoms with E-state index in [9.17, 15) is 4.79 Å². The summed E-state index contributed by atoms with van der Waals surface area (Å²) < 4.78 is 12.4. The van der Waals surface area contributed by atoms with Gasteiger partial charge < -0.3 is 14.4 Å². The van der Waals surface area contributed by atoms with Crippen molar-refractivity contribution in [3.63, 3.8) is 0 Å². The van der Waals surface area contributed by atoms with Crippen LogP contribution >= 0.6 is 22.6 Å². The molecule has 2 bridgehead atoms. The predicted octanol–water partition coefficient (Wildman–Crippen LogP) is 3.31. The molecule has 1 aromatic heterocycles. The molecule has 2 saturated heterocycles. The zero-order chi connectivity index (χ0) is 16.6. The lowest BCUT2D eigenvalue weighted by Crippen LogP contribution is -2.50. The quantitative estimate of drug-likeness (QED) is 0.543. The van der Waals surface area contributed by atoms with Crippen LogP contribution in [0.5, 0.6) is 5.88 Å². The number of carbonyl (C=O) groups excluding carboxylic acids is 1. The molecule has 1 amide bonds. The molecule has 3 atom stereocenters. The summed E-state index contributed by atoms with van der Waals surface area (Å²) in [7, 11) is 0. The lowest BCUT2D eigenvalue weighted by atomic mass is 10.0. The highest BCUT2D eigenvalue weighted by Gasteiger charge is 2.45. The van der Waals surface area contributed by atoms with Gasteiger partial charge in [0.15, 0.2) is 0 Å². The number of amides is 1. The van der Waals surface area contributed by atoms with Crippen molar-refractivity contribution in [1.29, 1.82) is 0 Å². The third-order valence-corrected chi connectivity index (χ3v) is 5.58. The van der Waals surface area contributed by atoms with E-state index in [1.165, 1.54) is 6.33 Å². The molecule has 1 aromatic rings. The molecular formula is C16H22IN3O3. The number of halogens is 1. The topological polar surface area (TPSA) is 64.6 Å². The van der Waals surface area contributed by atoms with Crippen molar-refractivity contribution in [1.82, 2.24) is 14.9 Å². The maximum atomic E-state index is 12.3. The molecule has 2 unspecified atom stereocenters. The number of ether oxygens (including phenoxy) is 2. The molecule has 7 heteroatoms. The van der Waals surface area contributed by atoms with Gasteiger partial charge in [0.1, 0.15) is 16.1 Å². The van der Waals surface area contributed by atoms with Crippen molar-refractivity contribution in [3.05, 3.63) is 15.6 Å². The summed E-state index contributed by atoms with van der Waals surface area (Å²) in [6, 6.07) is 0.428. The lowest BCUT2D eigenvalue weighted by Gasteiger charge is -2.38. The molecule has 0 radical (unpaired) electrons. The first-order chi connectivity index (χ1) is 11.0. The van der Waals surface area contributed by atoms with E-state index in [-0.39, 0.29) is 30.4 Å². The largest absolute Gasteiger partial charge is 0.474 e. The van der Waals surface area contributed by atoms with Crippen molar-refractivity contribution >= 4 is 28.7 Å². The first-order valence-electron chi connectivity index (χ1n) is 8.08. The van der Waals surface area contributed by atoms with E-state index in [2.05, 4.69) is 32.6 Å². The molecule has 2 fully saturated rings. The van der Waals surface area contributed by atoms with E-state index >= 15 is 0 Å². The minimum absolute atomic E-state index is 0.0818. The molecule has 126 valence electrons. The van der Waals surface area contributed by atoms with Crippen molar-refractivity contribution < 1.29 is 14.3 Å². The van der Waals surface area contributed by atoms with Crippen LogP contribution in [0.15, 0.2) is 6.33 Å². The third kappa shape index (κ3) is 3.54. The number of hydrogen-bond donors (Lipinski definition) is 0. The Balaban J connectivity index is 1.67. The highest BCUT2D eigenvalue weighted by atomic mass is 127. The summed E-state index contributed by atoms with van der Waals surface area (Å²) in [4.78, 5) is 22.6. The first kappa shape index (κ1) is 16.7. The van der Waals surface area contributed by atoms with Crippen molar-refractivity contribution in [2.45, 2.75) is 70.7 Å². The Bertz CT molecular complexity index is 582. The highest BCUT2D eigenvalue weighted by molar-refractivity contribution is 14.1. The molecule has 3 heterocycles. The molecule has 2 aliphatic heterocycles. The Hall–Kier alpha value is -1.12. The van der Waals surface area contributed by atoms with Gasteiger partial charge in [-0.25, -0.2) is 14.8 Å². The van der Waals surface area contributed by atoms with Crippen molar-refractivity contribution in [2.75, 3.05) is 0 Å². The first-order valence-corrected chi connectivity index (χ1v) is 9.16. The summed E-state index contributed by atoms with van der Waals surface area (Å²) in [5, 5.41) is 0. The van der Waals surface area contributed by atoms with Gasteiger partial charge >= 0.3 is 6.09 Å². The lowest BCUT2D eigenvalue weighted by molar-refractivity contribution is 0.0206. The van der Waals surface area contributed by atoms with E-state index in [0.29, 0.717) is 5.88 Å². The van der Waals surface area contributed by atoms with Crippen molar-refractivity contribution in [2.24, 2.45) is 0 Å². The normalized spacial score (nSPS) is 26.5. The molecule has 0 saturated carbocycles. The number of aromatic nitrogens is 2. The zero-order valence-electron chi connectivity index (χ0n) is 13.7. The second-order valence-corrected chi connectivity index (χ2v) is 7.55. The van der Waals surface area contributed by atoms with Gasteiger partial charge in [-0.1, -0.05) is 0 Å². The molecule has 3 rings (SSSR count). The van der Waals surface area contributed by atoms with Crippen LogP contribution in [0.25, 0.3) is 0 Å². The van der Waals surface area contributed by atoms with Gasteiger partial charge in [0, 0.05) is 30.5 Å². The predicted molar refractivity (Wildman–Crippen MR) is 93.4 cm³/mol. The van der Waals surface area contributed by atoms with Crippen LogP contribution in [0.1, 0.15) is 45.1 Å². The van der Waals surface area contributed by atoms with Gasteiger partial charge in [-0.2, -0.15) is 0 Å². The van der Waals surface area contributed by atoms with Crippen LogP contribution in [0.4, 0.5) is 4.79 Å². The number of nitrogens with zero attached hydrogens (tertiary/aromatic N) is 3. The second-order valence-electron chi connectivity index (χ2n) is 6.53. The van der Waals surface area contributed by atoms with Gasteiger partial charge in [0.2, 0.25) is 5.88 Å². The van der Waals surface area contributed by atoms with Crippen LogP contribution in [0.3, 0.4) is 0 Å². The van der Waals surface area contributed by atoms with E-state index in [1.54, 1.807) is 0 Å². The fourth-order valence-corrected chi connectivity index (χ4v) is 3.83. The van der Waals surface area contributed by atoms with Gasteiger partial charge in [0.05, 0.1) is 6.10 Å². The number of hydrogen-bond acceptors (Lipinski definition) is 5. The maximum absolute atomic E-state index is 12.3. The van der Waals surface area contributed by atoms with Crippen LogP contribution < -0.4 is 4.74 Å². The minimum Gasteiger partial charge on any atom is -0.474 e. The number of rotatable bonds is 3. The Labute approximate surface area is 150 Å². The molecule has 0 N–H and O–H groups in total. The standard InChI is InChI=1S/C16H22IN3O3/c1-9(2)22-16(21)20-11-4-5-12(20)7-13(6-11)23-15-10(3)14(17)18-8-19-15/h8-9,11-13H,4-7H2,1-3H3/t11-,12?,13?/m0/s1. The smallest absolute Gasteiger partial charge is 0.410 e. The van der Waals surface area contributed by atoms with Gasteiger partial charge in [-0.15, -0.1) is 0 Å². The summed E-state index contributed by atoms with van der Waals surface area (Å²) in [6.45, 7) is 5.74. The number of carbonyl (C=O) groups is 1. The number of fused-ring (bicyclic) bond motifs is 2. The van der Waals surface area contributed by atoms with Crippen LogP contribution in [-0.4, -0.2) is 45.3 Å². The van der Waals surface area contributed by atoms with E-state index in [1.807, 2.05) is 25.7 Å². The zero-order valence-corrected chi connectivity index (χ0v) is 15.8. The second kappa shape index (κ2) is 6.78. The molecule has 0 aliphatic carbocycles. The molecule has 0 spiro atoms. The monoisotopic (exact) mass is 431 g/mol. The van der Waals surface area contributed by atoms with Crippen LogP contribution in [-0.2, 0) is 4.74 Å². The SMILES string of the molecule is Cc1c(I)ncnc1OC1CC2CC[C@@H](C1)N2C(=O)OC(C)C. The molecule has 6 nitrogen and oxygen atoms in total. The van der Waals surface area contributed by atoms with E-state index in [4.69, 9.17) is 9.47 Å². The van der Waals surface area contributed by atoms with Crippen LogP contribution in [0, 0.1) is 10.6 Å². The van der Waals surface area contributed by atoms with Gasteiger partial charge in [-0.05, 0) is 56.2 Å². The van der Waals surface area contributed by atoms with Crippen LogP contribution in [0.2, 0.25) is 0 Å². The Kier molecular flexibility index (Phi) is 4.93.